The molecule has 0 N–H and O–H groups in total. The molecule has 1 aromatic carbocycles. The number of ether oxygens (including phenoxy) is 1. The van der Waals surface area contributed by atoms with E-state index < -0.39 is 0 Å². The number of rotatable bonds is 2. The zero-order chi connectivity index (χ0) is 9.26. The van der Waals surface area contributed by atoms with Crippen LogP contribution in [0.3, 0.4) is 0 Å². The van der Waals surface area contributed by atoms with Gasteiger partial charge in [0, 0.05) is 11.8 Å². The van der Waals surface area contributed by atoms with Crippen molar-refractivity contribution < 1.29 is 4.74 Å². The van der Waals surface area contributed by atoms with Crippen LogP contribution in [0.5, 0.6) is 0 Å². The zero-order valence-corrected chi connectivity index (χ0v) is 8.65. The van der Waals surface area contributed by atoms with E-state index in [1.165, 1.54) is 21.2 Å². The van der Waals surface area contributed by atoms with E-state index in [0.29, 0.717) is 6.61 Å². The highest BCUT2D eigenvalue weighted by Crippen LogP contribution is 2.27. The van der Waals surface area contributed by atoms with Gasteiger partial charge in [0.1, 0.15) is 0 Å². The van der Waals surface area contributed by atoms with E-state index in [1.807, 2.05) is 0 Å². The molecule has 68 valence electrons. The van der Waals surface area contributed by atoms with Crippen LogP contribution in [0.1, 0.15) is 11.1 Å². The topological polar surface area (TPSA) is 9.23 Å². The summed E-state index contributed by atoms with van der Waals surface area (Å²) in [6.45, 7) is 2.83. The Labute approximate surface area is 82.0 Å². The van der Waals surface area contributed by atoms with Crippen molar-refractivity contribution in [3.63, 3.8) is 0 Å². The van der Waals surface area contributed by atoms with Crippen LogP contribution < -0.4 is 0 Å². The van der Waals surface area contributed by atoms with Crippen molar-refractivity contribution in [3.05, 3.63) is 34.7 Å². The van der Waals surface area contributed by atoms with Crippen molar-refractivity contribution in [2.24, 2.45) is 0 Å². The standard InChI is InChI=1S/C11H12OS/c1-8-3-4-10-9(6-12-2)7-13-11(10)5-8/h3-5,7H,6H2,1-2H3. The first-order chi connectivity index (χ1) is 6.31. The predicted octanol–water partition coefficient (Wildman–Crippen LogP) is 3.36. The molecule has 0 spiro atoms. The van der Waals surface area contributed by atoms with Crippen LogP contribution in [0.25, 0.3) is 10.1 Å². The van der Waals surface area contributed by atoms with Gasteiger partial charge in [-0.25, -0.2) is 0 Å². The molecule has 0 atom stereocenters. The number of methoxy groups -OCH3 is 1. The minimum Gasteiger partial charge on any atom is -0.380 e. The summed E-state index contributed by atoms with van der Waals surface area (Å²) in [7, 11) is 1.73. The molecule has 1 nitrogen and oxygen atoms in total. The SMILES string of the molecule is COCc1csc2cc(C)ccc12. The molecule has 2 rings (SSSR count). The Morgan fingerprint density at radius 1 is 1.38 bits per heavy atom. The fraction of sp³-hybridized carbons (Fsp3) is 0.273. The minimum atomic E-state index is 0.711. The Kier molecular flexibility index (Phi) is 2.34. The monoisotopic (exact) mass is 192 g/mol. The van der Waals surface area contributed by atoms with Gasteiger partial charge in [0.25, 0.3) is 0 Å². The first-order valence-corrected chi connectivity index (χ1v) is 5.15. The van der Waals surface area contributed by atoms with Gasteiger partial charge in [-0.2, -0.15) is 0 Å². The first-order valence-electron chi connectivity index (χ1n) is 4.27. The average Bonchev–Trinajstić information content (AvgIpc) is 2.49. The Balaban J connectivity index is 2.55. The summed E-state index contributed by atoms with van der Waals surface area (Å²) in [6.07, 6.45) is 0. The molecule has 0 radical (unpaired) electrons. The average molecular weight is 192 g/mol. The van der Waals surface area contributed by atoms with Crippen LogP contribution in [0.2, 0.25) is 0 Å². The maximum Gasteiger partial charge on any atom is 0.0727 e. The molecule has 13 heavy (non-hydrogen) atoms. The van der Waals surface area contributed by atoms with Gasteiger partial charge >= 0.3 is 0 Å². The van der Waals surface area contributed by atoms with Gasteiger partial charge in [0.2, 0.25) is 0 Å². The van der Waals surface area contributed by atoms with Crippen molar-refractivity contribution in [1.29, 1.82) is 0 Å². The number of benzene rings is 1. The first kappa shape index (κ1) is 8.73. The normalized spacial score (nSPS) is 10.9. The van der Waals surface area contributed by atoms with Gasteiger partial charge < -0.3 is 4.74 Å². The van der Waals surface area contributed by atoms with Gasteiger partial charge in [-0.15, -0.1) is 11.3 Å². The second-order valence-electron chi connectivity index (χ2n) is 3.19. The lowest BCUT2D eigenvalue weighted by Gasteiger charge is -1.97. The highest BCUT2D eigenvalue weighted by Gasteiger charge is 2.02. The smallest absolute Gasteiger partial charge is 0.0727 e. The van der Waals surface area contributed by atoms with Gasteiger partial charge in [0.05, 0.1) is 6.61 Å². The van der Waals surface area contributed by atoms with E-state index in [0.717, 1.165) is 0 Å². The van der Waals surface area contributed by atoms with Crippen LogP contribution in [-0.4, -0.2) is 7.11 Å². The third-order valence-corrected chi connectivity index (χ3v) is 3.11. The lowest BCUT2D eigenvalue weighted by atomic mass is 10.1. The second-order valence-corrected chi connectivity index (χ2v) is 4.10. The maximum absolute atomic E-state index is 5.13. The minimum absolute atomic E-state index is 0.711. The molecule has 0 saturated heterocycles. The van der Waals surface area contributed by atoms with Crippen LogP contribution in [0.15, 0.2) is 23.6 Å². The number of fused-ring (bicyclic) bond motifs is 1. The van der Waals surface area contributed by atoms with Gasteiger partial charge in [-0.05, 0) is 34.9 Å². The molecule has 0 saturated carbocycles. The molecule has 0 aliphatic carbocycles. The lowest BCUT2D eigenvalue weighted by Crippen LogP contribution is -1.84. The number of hydrogen-bond donors (Lipinski definition) is 0. The molecule has 0 bridgehead atoms. The molecule has 2 heteroatoms. The van der Waals surface area contributed by atoms with Crippen LogP contribution >= 0.6 is 11.3 Å². The highest BCUT2D eigenvalue weighted by molar-refractivity contribution is 7.17. The van der Waals surface area contributed by atoms with Gasteiger partial charge in [-0.1, -0.05) is 12.1 Å². The van der Waals surface area contributed by atoms with Gasteiger partial charge in [-0.3, -0.25) is 0 Å². The lowest BCUT2D eigenvalue weighted by molar-refractivity contribution is 0.186. The summed E-state index contributed by atoms with van der Waals surface area (Å²) >= 11 is 1.79. The molecule has 0 aliphatic heterocycles. The van der Waals surface area contributed by atoms with Crippen molar-refractivity contribution in [2.75, 3.05) is 7.11 Å². The quantitative estimate of drug-likeness (QED) is 0.709. The summed E-state index contributed by atoms with van der Waals surface area (Å²) < 4.78 is 6.48. The number of thiophene rings is 1. The molecule has 0 fully saturated rings. The fourth-order valence-corrected chi connectivity index (χ4v) is 2.50. The summed E-state index contributed by atoms with van der Waals surface area (Å²) in [5.74, 6) is 0. The van der Waals surface area contributed by atoms with E-state index in [-0.39, 0.29) is 0 Å². The van der Waals surface area contributed by atoms with E-state index in [2.05, 4.69) is 30.5 Å². The highest BCUT2D eigenvalue weighted by atomic mass is 32.1. The maximum atomic E-state index is 5.13. The Morgan fingerprint density at radius 3 is 3.00 bits per heavy atom. The van der Waals surface area contributed by atoms with Crippen molar-refractivity contribution in [3.8, 4) is 0 Å². The Bertz CT molecular complexity index is 417. The van der Waals surface area contributed by atoms with Gasteiger partial charge in [0.15, 0.2) is 0 Å². The summed E-state index contributed by atoms with van der Waals surface area (Å²) in [5.41, 5.74) is 2.61. The summed E-state index contributed by atoms with van der Waals surface area (Å²) in [4.78, 5) is 0. The number of aryl methyl sites for hydroxylation is 1. The third kappa shape index (κ3) is 1.60. The van der Waals surface area contributed by atoms with Crippen LogP contribution in [0.4, 0.5) is 0 Å². The molecule has 0 amide bonds. The summed E-state index contributed by atoms with van der Waals surface area (Å²) in [6, 6.07) is 6.54. The van der Waals surface area contributed by atoms with E-state index in [4.69, 9.17) is 4.74 Å². The van der Waals surface area contributed by atoms with E-state index in [1.54, 1.807) is 18.4 Å². The Hall–Kier alpha value is -0.860. The fourth-order valence-electron chi connectivity index (χ4n) is 1.46. The molecular formula is C11H12OS. The van der Waals surface area contributed by atoms with E-state index in [9.17, 15) is 0 Å². The largest absolute Gasteiger partial charge is 0.380 e. The molecule has 0 unspecified atom stereocenters. The molecule has 1 aromatic heterocycles. The van der Waals surface area contributed by atoms with E-state index >= 15 is 0 Å². The molecule has 1 heterocycles. The third-order valence-electron chi connectivity index (χ3n) is 2.11. The second kappa shape index (κ2) is 3.48. The van der Waals surface area contributed by atoms with Crippen LogP contribution in [0, 0.1) is 6.92 Å². The molecular weight excluding hydrogens is 180 g/mol. The van der Waals surface area contributed by atoms with Crippen molar-refractivity contribution in [2.45, 2.75) is 13.5 Å². The van der Waals surface area contributed by atoms with Crippen molar-refractivity contribution in [1.82, 2.24) is 0 Å². The number of hydrogen-bond acceptors (Lipinski definition) is 2. The predicted molar refractivity (Wildman–Crippen MR) is 57.3 cm³/mol. The van der Waals surface area contributed by atoms with Crippen molar-refractivity contribution >= 4 is 21.4 Å². The zero-order valence-electron chi connectivity index (χ0n) is 7.83. The van der Waals surface area contributed by atoms with Crippen LogP contribution in [-0.2, 0) is 11.3 Å². The Morgan fingerprint density at radius 2 is 2.23 bits per heavy atom. The molecule has 2 aromatic rings. The summed E-state index contributed by atoms with van der Waals surface area (Å²) in [5, 5.41) is 3.51. The molecule has 0 aliphatic rings.